The first kappa shape index (κ1) is 17.1. The maximum atomic E-state index is 6.02. The van der Waals surface area contributed by atoms with Gasteiger partial charge in [-0.05, 0) is 38.8 Å². The summed E-state index contributed by atoms with van der Waals surface area (Å²) in [4.78, 5) is 0. The molecular weight excluding hydrogens is 260 g/mol. The first-order valence-corrected chi connectivity index (χ1v) is 9.96. The molecule has 1 saturated heterocycles. The molecule has 19 heavy (non-hydrogen) atoms. The highest BCUT2D eigenvalue weighted by atomic mass is 28.4. The molecule has 0 saturated carbocycles. The Balaban J connectivity index is 2.17. The molecule has 114 valence electrons. The molecule has 0 bridgehead atoms. The summed E-state index contributed by atoms with van der Waals surface area (Å²) in [5.74, 6) is 0. The van der Waals surface area contributed by atoms with Crippen molar-refractivity contribution in [1.29, 1.82) is 0 Å². The second-order valence-corrected chi connectivity index (χ2v) is 8.41. The van der Waals surface area contributed by atoms with Gasteiger partial charge in [0.1, 0.15) is 6.10 Å². The van der Waals surface area contributed by atoms with Crippen LogP contribution in [-0.4, -0.2) is 47.7 Å². The van der Waals surface area contributed by atoms with E-state index in [1.165, 1.54) is 0 Å². The van der Waals surface area contributed by atoms with Gasteiger partial charge in [0.25, 0.3) is 0 Å². The van der Waals surface area contributed by atoms with Crippen molar-refractivity contribution in [2.75, 3.05) is 33.0 Å². The largest absolute Gasteiger partial charge is 0.394 e. The van der Waals surface area contributed by atoms with Crippen molar-refractivity contribution in [3.05, 3.63) is 0 Å². The van der Waals surface area contributed by atoms with E-state index in [1.807, 2.05) is 0 Å². The Kier molecular flexibility index (Phi) is 8.90. The lowest BCUT2D eigenvalue weighted by Gasteiger charge is -2.29. The molecule has 1 unspecified atom stereocenters. The van der Waals surface area contributed by atoms with Gasteiger partial charge in [0, 0.05) is 19.8 Å². The number of ether oxygens (including phenoxy) is 2. The summed E-state index contributed by atoms with van der Waals surface area (Å²) in [6.45, 7) is 10.3. The zero-order valence-electron chi connectivity index (χ0n) is 12.8. The van der Waals surface area contributed by atoms with Crippen molar-refractivity contribution in [3.63, 3.8) is 0 Å². The predicted octanol–water partition coefficient (Wildman–Crippen LogP) is 3.11. The molecule has 1 atom stereocenters. The van der Waals surface area contributed by atoms with E-state index >= 15 is 0 Å². The minimum Gasteiger partial charge on any atom is -0.394 e. The van der Waals surface area contributed by atoms with Crippen molar-refractivity contribution in [3.8, 4) is 0 Å². The monoisotopic (exact) mass is 290 g/mol. The van der Waals surface area contributed by atoms with E-state index < -0.39 is 8.56 Å². The van der Waals surface area contributed by atoms with Crippen LogP contribution in [0, 0.1) is 0 Å². The normalized spacial score (nSPS) is 18.8. The van der Waals surface area contributed by atoms with Crippen molar-refractivity contribution in [2.45, 2.75) is 58.2 Å². The van der Waals surface area contributed by atoms with E-state index in [-0.39, 0.29) is 0 Å². The maximum absolute atomic E-state index is 6.02. The van der Waals surface area contributed by atoms with Crippen LogP contribution in [0.5, 0.6) is 0 Å². The van der Waals surface area contributed by atoms with E-state index in [4.69, 9.17) is 18.3 Å². The van der Waals surface area contributed by atoms with Gasteiger partial charge in [-0.1, -0.05) is 13.3 Å². The van der Waals surface area contributed by atoms with Gasteiger partial charge in [-0.15, -0.1) is 0 Å². The predicted molar refractivity (Wildman–Crippen MR) is 78.7 cm³/mol. The number of unbranched alkanes of at least 4 members (excludes halogenated alkanes) is 1. The molecule has 1 heterocycles. The lowest BCUT2D eigenvalue weighted by Crippen LogP contribution is -2.42. The van der Waals surface area contributed by atoms with Crippen LogP contribution in [0.4, 0.5) is 0 Å². The Morgan fingerprint density at radius 1 is 1.05 bits per heavy atom. The van der Waals surface area contributed by atoms with Crippen LogP contribution in [0.15, 0.2) is 0 Å². The summed E-state index contributed by atoms with van der Waals surface area (Å²) < 4.78 is 22.7. The molecule has 0 aliphatic carbocycles. The van der Waals surface area contributed by atoms with Gasteiger partial charge in [0.15, 0.2) is 0 Å². The number of hydrogen-bond acceptors (Lipinski definition) is 4. The second-order valence-electron chi connectivity index (χ2n) is 5.01. The Labute approximate surface area is 119 Å². The second kappa shape index (κ2) is 9.88. The van der Waals surface area contributed by atoms with E-state index in [2.05, 4.69) is 20.8 Å². The minimum absolute atomic E-state index is 0.375. The topological polar surface area (TPSA) is 40.2 Å². The minimum atomic E-state index is -1.95. The molecule has 0 aromatic carbocycles. The van der Waals surface area contributed by atoms with Crippen molar-refractivity contribution < 1.29 is 18.3 Å². The highest BCUT2D eigenvalue weighted by Gasteiger charge is 2.35. The molecule has 0 amide bonds. The van der Waals surface area contributed by atoms with E-state index in [0.717, 1.165) is 64.4 Å². The van der Waals surface area contributed by atoms with Gasteiger partial charge in [-0.2, -0.15) is 0 Å². The van der Waals surface area contributed by atoms with E-state index in [0.29, 0.717) is 6.10 Å². The van der Waals surface area contributed by atoms with Crippen LogP contribution in [-0.2, 0) is 18.3 Å². The first-order valence-electron chi connectivity index (χ1n) is 7.73. The molecule has 1 aliphatic rings. The SMILES string of the molecule is CCC[Si](CCCCOCC1CO1)(OCC)OCC. The molecule has 0 aromatic rings. The van der Waals surface area contributed by atoms with Crippen LogP contribution in [0.3, 0.4) is 0 Å². The highest BCUT2D eigenvalue weighted by Crippen LogP contribution is 2.24. The number of epoxide rings is 1. The number of rotatable bonds is 13. The van der Waals surface area contributed by atoms with Gasteiger partial charge < -0.3 is 18.3 Å². The van der Waals surface area contributed by atoms with Crippen LogP contribution in [0.2, 0.25) is 12.1 Å². The van der Waals surface area contributed by atoms with Crippen molar-refractivity contribution in [2.24, 2.45) is 0 Å². The molecule has 5 heteroatoms. The summed E-state index contributed by atoms with van der Waals surface area (Å²) in [6.07, 6.45) is 3.74. The lowest BCUT2D eigenvalue weighted by molar-refractivity contribution is 0.113. The Bertz CT molecular complexity index is 204. The molecule has 0 N–H and O–H groups in total. The summed E-state index contributed by atoms with van der Waals surface area (Å²) >= 11 is 0. The molecule has 1 rings (SSSR count). The Hall–Kier alpha value is 0.0569. The van der Waals surface area contributed by atoms with E-state index in [1.54, 1.807) is 0 Å². The van der Waals surface area contributed by atoms with Crippen LogP contribution in [0.25, 0.3) is 0 Å². The van der Waals surface area contributed by atoms with Gasteiger partial charge in [0.05, 0.1) is 13.2 Å². The maximum Gasteiger partial charge on any atom is 0.338 e. The molecule has 0 aromatic heterocycles. The van der Waals surface area contributed by atoms with E-state index in [9.17, 15) is 0 Å². The molecule has 0 radical (unpaired) electrons. The lowest BCUT2D eigenvalue weighted by atomic mass is 10.3. The fourth-order valence-corrected chi connectivity index (χ4v) is 5.85. The summed E-state index contributed by atoms with van der Waals surface area (Å²) in [5.41, 5.74) is 0. The zero-order valence-corrected chi connectivity index (χ0v) is 13.8. The van der Waals surface area contributed by atoms with Gasteiger partial charge in [-0.3, -0.25) is 0 Å². The third kappa shape index (κ3) is 7.42. The summed E-state index contributed by atoms with van der Waals surface area (Å²) in [5, 5.41) is 0. The average molecular weight is 290 g/mol. The smallest absolute Gasteiger partial charge is 0.338 e. The Morgan fingerprint density at radius 2 is 1.74 bits per heavy atom. The fourth-order valence-electron chi connectivity index (χ4n) is 2.34. The van der Waals surface area contributed by atoms with Gasteiger partial charge >= 0.3 is 8.56 Å². The quantitative estimate of drug-likeness (QED) is 0.297. The molecule has 1 fully saturated rings. The van der Waals surface area contributed by atoms with Gasteiger partial charge in [-0.25, -0.2) is 0 Å². The summed E-state index contributed by atoms with van der Waals surface area (Å²) in [7, 11) is -1.95. The third-order valence-electron chi connectivity index (χ3n) is 3.25. The van der Waals surface area contributed by atoms with Gasteiger partial charge in [0.2, 0.25) is 0 Å². The van der Waals surface area contributed by atoms with Crippen molar-refractivity contribution >= 4 is 8.56 Å². The van der Waals surface area contributed by atoms with Crippen molar-refractivity contribution in [1.82, 2.24) is 0 Å². The van der Waals surface area contributed by atoms with Crippen LogP contribution >= 0.6 is 0 Å². The highest BCUT2D eigenvalue weighted by molar-refractivity contribution is 6.67. The average Bonchev–Trinajstić information content (AvgIpc) is 3.19. The standard InChI is InChI=1S/C14H30O4Si/c1-4-10-19(17-5-2,18-6-3)11-8-7-9-15-12-14-13-16-14/h14H,4-13H2,1-3H3. The van der Waals surface area contributed by atoms with Crippen LogP contribution in [0.1, 0.15) is 40.0 Å². The molecule has 1 aliphatic heterocycles. The number of hydrogen-bond donors (Lipinski definition) is 0. The molecule has 4 nitrogen and oxygen atoms in total. The Morgan fingerprint density at radius 3 is 2.26 bits per heavy atom. The fraction of sp³-hybridized carbons (Fsp3) is 1.00. The molecule has 0 spiro atoms. The first-order chi connectivity index (χ1) is 9.26. The van der Waals surface area contributed by atoms with Crippen LogP contribution < -0.4 is 0 Å². The summed E-state index contributed by atoms with van der Waals surface area (Å²) in [6, 6.07) is 2.19. The molecular formula is C14H30O4Si. The zero-order chi connectivity index (χ0) is 14.0. The third-order valence-corrected chi connectivity index (χ3v) is 7.25.